The van der Waals surface area contributed by atoms with Crippen LogP contribution in [0.4, 0.5) is 0 Å². The summed E-state index contributed by atoms with van der Waals surface area (Å²) in [4.78, 5) is 23.6. The number of benzene rings is 1. The predicted molar refractivity (Wildman–Crippen MR) is 133 cm³/mol. The molecule has 2 aromatic rings. The molecule has 0 aliphatic carbocycles. The van der Waals surface area contributed by atoms with Gasteiger partial charge in [0, 0.05) is 47.3 Å². The normalized spacial score (nSPS) is 14.6. The number of ether oxygens (including phenoxy) is 2. The monoisotopic (exact) mass is 482 g/mol. The van der Waals surface area contributed by atoms with Crippen molar-refractivity contribution in [3.63, 3.8) is 0 Å². The number of nitrogens with one attached hydrogen (secondary N) is 1. The zero-order valence-corrected chi connectivity index (χ0v) is 21.5. The minimum absolute atomic E-state index is 0.0463. The number of methoxy groups -OCH3 is 2. The van der Waals surface area contributed by atoms with Gasteiger partial charge in [0.25, 0.3) is 0 Å². The topological polar surface area (TPSA) is 158 Å². The van der Waals surface area contributed by atoms with Gasteiger partial charge in [-0.15, -0.1) is 5.10 Å². The van der Waals surface area contributed by atoms with Gasteiger partial charge in [0.2, 0.25) is 18.2 Å². The maximum absolute atomic E-state index is 11.6. The number of hydrogen-bond acceptors (Lipinski definition) is 8. The van der Waals surface area contributed by atoms with E-state index in [1.54, 1.807) is 30.9 Å². The minimum atomic E-state index is -0.302. The number of aliphatic hydroxyl groups is 1. The van der Waals surface area contributed by atoms with Crippen molar-refractivity contribution < 1.29 is 24.2 Å². The molecule has 11 heteroatoms. The fourth-order valence-electron chi connectivity index (χ4n) is 3.23. The van der Waals surface area contributed by atoms with E-state index >= 15 is 0 Å². The molecule has 1 atom stereocenters. The van der Waals surface area contributed by atoms with Gasteiger partial charge >= 0.3 is 0 Å². The van der Waals surface area contributed by atoms with Crippen LogP contribution in [0.15, 0.2) is 18.2 Å². The molecular weight excluding hydrogens is 440 g/mol. The summed E-state index contributed by atoms with van der Waals surface area (Å²) in [6.45, 7) is 7.91. The Labute approximate surface area is 202 Å². The number of fused-ring (bicyclic) bond motifs is 1. The SMILES string of the molecule is CC(C)(C)CC(=O)N1CCC(O)C1.COC.COc1nn(C)c2ccc(CNC=O)cc12.NN. The molecule has 194 valence electrons. The van der Waals surface area contributed by atoms with Crippen LogP contribution in [0.1, 0.15) is 39.2 Å². The van der Waals surface area contributed by atoms with Gasteiger partial charge in [0.15, 0.2) is 0 Å². The molecule has 1 aliphatic heterocycles. The van der Waals surface area contributed by atoms with Crippen LogP contribution in [0.25, 0.3) is 10.9 Å². The maximum atomic E-state index is 11.6. The highest BCUT2D eigenvalue weighted by molar-refractivity contribution is 5.85. The first-order valence-corrected chi connectivity index (χ1v) is 10.9. The summed E-state index contributed by atoms with van der Waals surface area (Å²) in [5.74, 6) is 8.77. The van der Waals surface area contributed by atoms with E-state index in [0.29, 0.717) is 31.8 Å². The lowest BCUT2D eigenvalue weighted by atomic mass is 9.92. The van der Waals surface area contributed by atoms with E-state index in [-0.39, 0.29) is 17.4 Å². The summed E-state index contributed by atoms with van der Waals surface area (Å²) in [5, 5.41) is 17.1. The van der Waals surface area contributed by atoms with Crippen LogP contribution in [-0.4, -0.2) is 72.6 Å². The number of amides is 2. The van der Waals surface area contributed by atoms with Crippen LogP contribution in [0.3, 0.4) is 0 Å². The summed E-state index contributed by atoms with van der Waals surface area (Å²) in [6.07, 6.45) is 1.68. The van der Waals surface area contributed by atoms with Crippen molar-refractivity contribution in [2.75, 3.05) is 34.4 Å². The Balaban J connectivity index is 0.000000548. The van der Waals surface area contributed by atoms with Crippen molar-refractivity contribution in [1.29, 1.82) is 0 Å². The van der Waals surface area contributed by atoms with Crippen molar-refractivity contribution in [1.82, 2.24) is 20.0 Å². The lowest BCUT2D eigenvalue weighted by Crippen LogP contribution is -2.32. The highest BCUT2D eigenvalue weighted by Gasteiger charge is 2.27. The average Bonchev–Trinajstić information content (AvgIpc) is 3.36. The van der Waals surface area contributed by atoms with Crippen LogP contribution in [-0.2, 0) is 27.9 Å². The van der Waals surface area contributed by atoms with Crippen LogP contribution in [0, 0.1) is 5.41 Å². The summed E-state index contributed by atoms with van der Waals surface area (Å²) < 4.78 is 11.2. The molecule has 2 heterocycles. The van der Waals surface area contributed by atoms with Crippen LogP contribution in [0.5, 0.6) is 5.88 Å². The molecule has 0 spiro atoms. The molecule has 3 rings (SSSR count). The van der Waals surface area contributed by atoms with Crippen molar-refractivity contribution in [2.24, 2.45) is 24.1 Å². The van der Waals surface area contributed by atoms with Crippen molar-refractivity contribution in [3.05, 3.63) is 23.8 Å². The fourth-order valence-corrected chi connectivity index (χ4v) is 3.23. The number of nitrogens with two attached hydrogens (primary N) is 2. The van der Waals surface area contributed by atoms with Crippen LogP contribution >= 0.6 is 0 Å². The second kappa shape index (κ2) is 16.0. The van der Waals surface area contributed by atoms with E-state index in [9.17, 15) is 14.7 Å². The Morgan fingerprint density at radius 2 is 1.91 bits per heavy atom. The van der Waals surface area contributed by atoms with Gasteiger partial charge in [-0.3, -0.25) is 26.0 Å². The molecule has 1 unspecified atom stereocenters. The lowest BCUT2D eigenvalue weighted by Gasteiger charge is -2.22. The number of carbonyl (C=O) groups is 2. The number of hydrazine groups is 1. The number of aryl methyl sites for hydroxylation is 1. The summed E-state index contributed by atoms with van der Waals surface area (Å²) in [6, 6.07) is 5.89. The smallest absolute Gasteiger partial charge is 0.240 e. The third-order valence-corrected chi connectivity index (χ3v) is 4.66. The van der Waals surface area contributed by atoms with Gasteiger partial charge in [-0.2, -0.15) is 0 Å². The molecule has 1 fully saturated rings. The molecule has 2 amide bonds. The van der Waals surface area contributed by atoms with Gasteiger partial charge < -0.3 is 24.8 Å². The number of aromatic nitrogens is 2. The molecular formula is C23H42N6O5. The second-order valence-corrected chi connectivity index (χ2v) is 8.91. The Kier molecular flexibility index (Phi) is 14.7. The number of likely N-dealkylation sites (tertiary alicyclic amines) is 1. The highest BCUT2D eigenvalue weighted by atomic mass is 16.5. The van der Waals surface area contributed by atoms with E-state index in [2.05, 4.69) is 47.6 Å². The number of aliphatic hydroxyl groups excluding tert-OH is 1. The predicted octanol–water partition coefficient (Wildman–Crippen LogP) is 0.925. The molecule has 1 aromatic heterocycles. The first-order valence-electron chi connectivity index (χ1n) is 10.9. The Hall–Kier alpha value is -2.73. The molecule has 1 aromatic carbocycles. The van der Waals surface area contributed by atoms with Crippen molar-refractivity contribution in [2.45, 2.75) is 46.3 Å². The zero-order chi connectivity index (χ0) is 26.3. The molecule has 11 nitrogen and oxygen atoms in total. The van der Waals surface area contributed by atoms with E-state index < -0.39 is 0 Å². The van der Waals surface area contributed by atoms with Crippen molar-refractivity contribution >= 4 is 23.2 Å². The maximum Gasteiger partial charge on any atom is 0.240 e. The quantitative estimate of drug-likeness (QED) is 0.278. The number of hydrogen-bond donors (Lipinski definition) is 4. The van der Waals surface area contributed by atoms with Gasteiger partial charge in [0.1, 0.15) is 0 Å². The molecule has 0 radical (unpaired) electrons. The van der Waals surface area contributed by atoms with E-state index in [4.69, 9.17) is 4.74 Å². The summed E-state index contributed by atoms with van der Waals surface area (Å²) in [5.41, 5.74) is 2.07. The molecule has 1 aliphatic rings. The zero-order valence-electron chi connectivity index (χ0n) is 21.5. The van der Waals surface area contributed by atoms with Crippen molar-refractivity contribution in [3.8, 4) is 5.88 Å². The minimum Gasteiger partial charge on any atom is -0.479 e. The number of carbonyl (C=O) groups excluding carboxylic acids is 2. The lowest BCUT2D eigenvalue weighted by molar-refractivity contribution is -0.132. The summed E-state index contributed by atoms with van der Waals surface area (Å²) >= 11 is 0. The standard InChI is InChI=1S/C11H13N3O2.C10H19NO2.C2H6O.H4N2/c1-14-10-4-3-8(6-12-7-15)5-9(10)11(13-14)16-2;1-10(2,3)6-9(13)11-5-4-8(12)7-11;1-3-2;1-2/h3-5,7H,6H2,1-2H3,(H,12,15);8,12H,4-7H2,1-3H3;1-2H3;1-2H2. The largest absolute Gasteiger partial charge is 0.479 e. The van der Waals surface area contributed by atoms with Crippen LogP contribution < -0.4 is 21.7 Å². The first-order chi connectivity index (χ1) is 16.1. The summed E-state index contributed by atoms with van der Waals surface area (Å²) in [7, 11) is 6.71. The van der Waals surface area contributed by atoms with E-state index in [1.807, 2.05) is 25.2 Å². The second-order valence-electron chi connectivity index (χ2n) is 8.91. The van der Waals surface area contributed by atoms with Gasteiger partial charge in [0.05, 0.1) is 24.1 Å². The molecule has 0 bridgehead atoms. The number of nitrogens with zero attached hydrogens (tertiary/aromatic N) is 3. The average molecular weight is 483 g/mol. The number of rotatable bonds is 5. The number of β-amino-alcohol motifs (C(OH)–C–C–N with tert-alkyl or cyclic N) is 1. The molecule has 0 saturated carbocycles. The molecule has 34 heavy (non-hydrogen) atoms. The highest BCUT2D eigenvalue weighted by Crippen LogP contribution is 2.25. The molecule has 6 N–H and O–H groups in total. The Morgan fingerprint density at radius 3 is 2.38 bits per heavy atom. The van der Waals surface area contributed by atoms with E-state index in [0.717, 1.165) is 29.4 Å². The van der Waals surface area contributed by atoms with Crippen LogP contribution in [0.2, 0.25) is 0 Å². The van der Waals surface area contributed by atoms with Gasteiger partial charge in [-0.1, -0.05) is 26.8 Å². The Morgan fingerprint density at radius 1 is 1.29 bits per heavy atom. The fraction of sp³-hybridized carbons (Fsp3) is 0.609. The van der Waals surface area contributed by atoms with Gasteiger partial charge in [-0.25, -0.2) is 0 Å². The van der Waals surface area contributed by atoms with Gasteiger partial charge in [-0.05, 0) is 29.5 Å². The first kappa shape index (κ1) is 31.3. The third-order valence-electron chi connectivity index (χ3n) is 4.66. The Bertz CT molecular complexity index is 865. The third kappa shape index (κ3) is 10.9. The molecule has 1 saturated heterocycles. The van der Waals surface area contributed by atoms with E-state index in [1.165, 1.54) is 0 Å².